The Morgan fingerprint density at radius 2 is 1.86 bits per heavy atom. The Bertz CT molecular complexity index is 1130. The summed E-state index contributed by atoms with van der Waals surface area (Å²) >= 11 is 0. The summed E-state index contributed by atoms with van der Waals surface area (Å²) in [5, 5.41) is 9.95. The first-order valence-electron chi connectivity index (χ1n) is 9.10. The summed E-state index contributed by atoms with van der Waals surface area (Å²) in [6.45, 7) is 3.67. The van der Waals surface area contributed by atoms with Crippen molar-refractivity contribution in [2.75, 3.05) is 20.3 Å². The molecular weight excluding hydrogens is 358 g/mol. The van der Waals surface area contributed by atoms with Gasteiger partial charge in [0.2, 0.25) is 5.76 Å². The average molecular weight is 379 g/mol. The monoisotopic (exact) mass is 379 g/mol. The van der Waals surface area contributed by atoms with Gasteiger partial charge in [0.25, 0.3) is 5.91 Å². The van der Waals surface area contributed by atoms with E-state index < -0.39 is 6.04 Å². The summed E-state index contributed by atoms with van der Waals surface area (Å²) in [6, 6.07) is 10.3. The summed E-state index contributed by atoms with van der Waals surface area (Å²) < 4.78 is 11.2. The number of ether oxygens (including phenoxy) is 1. The second-order valence-electron chi connectivity index (χ2n) is 7.03. The molecule has 6 heteroatoms. The van der Waals surface area contributed by atoms with Gasteiger partial charge in [-0.25, -0.2) is 0 Å². The number of β-amino-alcohol motifs (C(OH)–C–C–N with tert-alkyl or cyclic N) is 1. The lowest BCUT2D eigenvalue weighted by Crippen LogP contribution is -2.32. The molecule has 28 heavy (non-hydrogen) atoms. The van der Waals surface area contributed by atoms with Gasteiger partial charge in [-0.05, 0) is 48.7 Å². The van der Waals surface area contributed by atoms with Crippen LogP contribution in [0.3, 0.4) is 0 Å². The Kier molecular flexibility index (Phi) is 4.43. The van der Waals surface area contributed by atoms with E-state index in [1.807, 2.05) is 32.0 Å². The molecule has 0 unspecified atom stereocenters. The molecule has 0 saturated carbocycles. The van der Waals surface area contributed by atoms with Crippen molar-refractivity contribution in [2.24, 2.45) is 0 Å². The average Bonchev–Trinajstić information content (AvgIpc) is 2.96. The summed E-state index contributed by atoms with van der Waals surface area (Å²) in [5.41, 5.74) is 3.07. The molecule has 1 atom stereocenters. The van der Waals surface area contributed by atoms with Crippen LogP contribution in [-0.4, -0.2) is 36.2 Å². The Balaban J connectivity index is 2.00. The van der Waals surface area contributed by atoms with Gasteiger partial charge in [0.1, 0.15) is 11.3 Å². The van der Waals surface area contributed by atoms with Gasteiger partial charge in [0, 0.05) is 6.54 Å². The SMILES string of the molecule is COc1ccc([C@H]2c3c(oc4c(C)cc(C)cc4c3=O)C(=O)N2CCO)cc1. The second kappa shape index (κ2) is 6.80. The van der Waals surface area contributed by atoms with Crippen molar-refractivity contribution in [1.29, 1.82) is 0 Å². The molecule has 0 fully saturated rings. The number of hydrogen-bond acceptors (Lipinski definition) is 5. The first-order valence-corrected chi connectivity index (χ1v) is 9.10. The van der Waals surface area contributed by atoms with Crippen LogP contribution in [0.4, 0.5) is 0 Å². The summed E-state index contributed by atoms with van der Waals surface area (Å²) in [7, 11) is 1.58. The van der Waals surface area contributed by atoms with Gasteiger partial charge in [-0.3, -0.25) is 9.59 Å². The van der Waals surface area contributed by atoms with Gasteiger partial charge < -0.3 is 19.2 Å². The number of benzene rings is 2. The zero-order valence-corrected chi connectivity index (χ0v) is 16.0. The van der Waals surface area contributed by atoms with Crippen LogP contribution >= 0.6 is 0 Å². The Labute approximate surface area is 162 Å². The van der Waals surface area contributed by atoms with Crippen molar-refractivity contribution in [2.45, 2.75) is 19.9 Å². The van der Waals surface area contributed by atoms with E-state index in [1.165, 1.54) is 4.90 Å². The highest BCUT2D eigenvalue weighted by molar-refractivity contribution is 5.99. The van der Waals surface area contributed by atoms with Gasteiger partial charge in [-0.2, -0.15) is 0 Å². The predicted octanol–water partition coefficient (Wildman–Crippen LogP) is 2.96. The van der Waals surface area contributed by atoms with Gasteiger partial charge in [-0.1, -0.05) is 18.2 Å². The molecule has 1 aliphatic rings. The van der Waals surface area contributed by atoms with Crippen LogP contribution < -0.4 is 10.2 Å². The Hall–Kier alpha value is -3.12. The van der Waals surface area contributed by atoms with Crippen molar-refractivity contribution >= 4 is 16.9 Å². The predicted molar refractivity (Wildman–Crippen MR) is 105 cm³/mol. The van der Waals surface area contributed by atoms with Gasteiger partial charge in [0.05, 0.1) is 30.7 Å². The highest BCUT2D eigenvalue weighted by Crippen LogP contribution is 2.38. The molecule has 4 rings (SSSR count). The lowest BCUT2D eigenvalue weighted by Gasteiger charge is -2.24. The Morgan fingerprint density at radius 3 is 2.50 bits per heavy atom. The van der Waals surface area contributed by atoms with E-state index in [-0.39, 0.29) is 30.2 Å². The van der Waals surface area contributed by atoms with Crippen LogP contribution in [0.15, 0.2) is 45.6 Å². The van der Waals surface area contributed by atoms with Crippen LogP contribution in [0.2, 0.25) is 0 Å². The van der Waals surface area contributed by atoms with Crippen LogP contribution in [0.5, 0.6) is 5.75 Å². The zero-order valence-electron chi connectivity index (χ0n) is 16.0. The number of nitrogens with zero attached hydrogens (tertiary/aromatic N) is 1. The van der Waals surface area contributed by atoms with Gasteiger partial charge in [0.15, 0.2) is 5.43 Å². The zero-order chi connectivity index (χ0) is 20.0. The number of fused-ring (bicyclic) bond motifs is 2. The highest BCUT2D eigenvalue weighted by atomic mass is 16.5. The summed E-state index contributed by atoms with van der Waals surface area (Å²) in [6.07, 6.45) is 0. The quantitative estimate of drug-likeness (QED) is 0.754. The molecule has 0 bridgehead atoms. The maximum Gasteiger partial charge on any atom is 0.290 e. The fourth-order valence-electron chi connectivity index (χ4n) is 3.95. The molecule has 2 heterocycles. The third-order valence-electron chi connectivity index (χ3n) is 5.17. The lowest BCUT2D eigenvalue weighted by molar-refractivity contribution is 0.0691. The molecule has 0 radical (unpaired) electrons. The van der Waals surface area contributed by atoms with Gasteiger partial charge >= 0.3 is 0 Å². The largest absolute Gasteiger partial charge is 0.497 e. The molecule has 1 aromatic heterocycles. The van der Waals surface area contributed by atoms with Crippen molar-refractivity contribution < 1.29 is 19.1 Å². The minimum atomic E-state index is -0.609. The van der Waals surface area contributed by atoms with Crippen molar-refractivity contribution in [3.05, 3.63) is 74.6 Å². The smallest absolute Gasteiger partial charge is 0.290 e. The minimum Gasteiger partial charge on any atom is -0.497 e. The number of aryl methyl sites for hydroxylation is 2. The molecule has 1 N–H and O–H groups in total. The molecule has 1 amide bonds. The standard InChI is InChI=1S/C22H21NO5/c1-12-10-13(2)20-16(11-12)19(25)17-18(14-4-6-15(27-3)7-5-14)23(8-9-24)22(26)21(17)28-20/h4-7,10-11,18,24H,8-9H2,1-3H3/t18-/m0/s1. The van der Waals surface area contributed by atoms with Crippen LogP contribution in [0.1, 0.15) is 38.9 Å². The van der Waals surface area contributed by atoms with Crippen LogP contribution in [0, 0.1) is 13.8 Å². The minimum absolute atomic E-state index is 0.0544. The van der Waals surface area contributed by atoms with E-state index in [0.717, 1.165) is 16.7 Å². The number of hydrogen-bond donors (Lipinski definition) is 1. The molecule has 144 valence electrons. The second-order valence-corrected chi connectivity index (χ2v) is 7.03. The number of amides is 1. The summed E-state index contributed by atoms with van der Waals surface area (Å²) in [4.78, 5) is 27.9. The third-order valence-corrected chi connectivity index (χ3v) is 5.17. The number of rotatable bonds is 4. The number of aliphatic hydroxyl groups excluding tert-OH is 1. The maximum absolute atomic E-state index is 13.4. The topological polar surface area (TPSA) is 80.0 Å². The van der Waals surface area contributed by atoms with E-state index in [1.54, 1.807) is 25.3 Å². The van der Waals surface area contributed by atoms with E-state index >= 15 is 0 Å². The molecule has 0 aliphatic carbocycles. The molecule has 6 nitrogen and oxygen atoms in total. The fraction of sp³-hybridized carbons (Fsp3) is 0.273. The Morgan fingerprint density at radius 1 is 1.14 bits per heavy atom. The van der Waals surface area contributed by atoms with E-state index in [4.69, 9.17) is 9.15 Å². The molecule has 1 aliphatic heterocycles. The number of carbonyl (C=O) groups excluding carboxylic acids is 1. The van der Waals surface area contributed by atoms with E-state index in [9.17, 15) is 14.7 Å². The molecule has 2 aromatic carbocycles. The maximum atomic E-state index is 13.4. The van der Waals surface area contributed by atoms with Crippen molar-refractivity contribution in [3.8, 4) is 5.75 Å². The third kappa shape index (κ3) is 2.68. The summed E-state index contributed by atoms with van der Waals surface area (Å²) in [5.74, 6) is 0.348. The molecule has 0 spiro atoms. The van der Waals surface area contributed by atoms with Crippen LogP contribution in [-0.2, 0) is 0 Å². The normalized spacial score (nSPS) is 15.9. The van der Waals surface area contributed by atoms with Gasteiger partial charge in [-0.15, -0.1) is 0 Å². The lowest BCUT2D eigenvalue weighted by atomic mass is 9.97. The first kappa shape index (κ1) is 18.3. The fourth-order valence-corrected chi connectivity index (χ4v) is 3.95. The number of methoxy groups -OCH3 is 1. The highest BCUT2D eigenvalue weighted by Gasteiger charge is 2.42. The number of carbonyl (C=O) groups is 1. The van der Waals surface area contributed by atoms with E-state index in [2.05, 4.69) is 0 Å². The van der Waals surface area contributed by atoms with Crippen molar-refractivity contribution in [1.82, 2.24) is 4.90 Å². The first-order chi connectivity index (χ1) is 13.5. The molecule has 0 saturated heterocycles. The molecule has 3 aromatic rings. The molecular formula is C22H21NO5. The van der Waals surface area contributed by atoms with E-state index in [0.29, 0.717) is 22.3 Å². The van der Waals surface area contributed by atoms with Crippen LogP contribution in [0.25, 0.3) is 11.0 Å². The number of aliphatic hydroxyl groups is 1. The van der Waals surface area contributed by atoms with Crippen molar-refractivity contribution in [3.63, 3.8) is 0 Å².